The molecule has 0 amide bonds. The second-order valence-corrected chi connectivity index (χ2v) is 2.98. The molecular weight excluding hydrogens is 168 g/mol. The number of hydrogen-bond donors (Lipinski definition) is 1. The Morgan fingerprint density at radius 3 is 2.92 bits per heavy atom. The highest BCUT2D eigenvalue weighted by Crippen LogP contribution is 2.04. The van der Waals surface area contributed by atoms with Gasteiger partial charge < -0.3 is 5.73 Å². The van der Waals surface area contributed by atoms with Crippen LogP contribution in [-0.4, -0.2) is 4.99 Å². The van der Waals surface area contributed by atoms with Crippen molar-refractivity contribution in [3.63, 3.8) is 0 Å². The smallest absolute Gasteiger partial charge is 0.0991 e. The molecule has 0 spiro atoms. The van der Waals surface area contributed by atoms with Gasteiger partial charge in [-0.2, -0.15) is 5.26 Å². The van der Waals surface area contributed by atoms with Crippen molar-refractivity contribution >= 4 is 17.2 Å². The van der Waals surface area contributed by atoms with Gasteiger partial charge in [-0.25, -0.2) is 0 Å². The summed E-state index contributed by atoms with van der Waals surface area (Å²) in [5, 5.41) is 8.58. The van der Waals surface area contributed by atoms with Crippen LogP contribution in [-0.2, 0) is 6.42 Å². The van der Waals surface area contributed by atoms with Crippen LogP contribution in [0, 0.1) is 11.3 Å². The maximum absolute atomic E-state index is 8.58. The molecule has 0 unspecified atom stereocenters. The van der Waals surface area contributed by atoms with Gasteiger partial charge in [-0.1, -0.05) is 24.4 Å². The molecule has 1 rings (SSSR count). The minimum atomic E-state index is 0.449. The summed E-state index contributed by atoms with van der Waals surface area (Å²) in [5.74, 6) is 0. The number of hydrogen-bond acceptors (Lipinski definition) is 2. The number of nitriles is 1. The van der Waals surface area contributed by atoms with Crippen molar-refractivity contribution in [3.05, 3.63) is 35.4 Å². The predicted molar refractivity (Wildman–Crippen MR) is 51.6 cm³/mol. The van der Waals surface area contributed by atoms with E-state index in [1.54, 1.807) is 12.1 Å². The van der Waals surface area contributed by atoms with Gasteiger partial charge in [-0.3, -0.25) is 0 Å². The first-order chi connectivity index (χ1) is 5.72. The summed E-state index contributed by atoms with van der Waals surface area (Å²) < 4.78 is 0. The van der Waals surface area contributed by atoms with Crippen LogP contribution in [0.1, 0.15) is 11.1 Å². The molecule has 3 heteroatoms. The van der Waals surface area contributed by atoms with Crippen molar-refractivity contribution in [1.29, 1.82) is 5.26 Å². The molecule has 12 heavy (non-hydrogen) atoms. The molecule has 0 saturated heterocycles. The van der Waals surface area contributed by atoms with E-state index in [1.807, 2.05) is 12.1 Å². The molecule has 0 aliphatic heterocycles. The summed E-state index contributed by atoms with van der Waals surface area (Å²) >= 11 is 4.75. The van der Waals surface area contributed by atoms with E-state index in [-0.39, 0.29) is 0 Å². The lowest BCUT2D eigenvalue weighted by molar-refractivity contribution is 1.32. The standard InChI is InChI=1S/C9H8N2S/c10-6-8-3-1-2-7(4-8)5-9(11)12/h1-4H,5H2,(H2,11,12). The van der Waals surface area contributed by atoms with E-state index >= 15 is 0 Å². The molecule has 60 valence electrons. The Morgan fingerprint density at radius 1 is 1.58 bits per heavy atom. The van der Waals surface area contributed by atoms with E-state index in [4.69, 9.17) is 23.2 Å². The van der Waals surface area contributed by atoms with Gasteiger partial charge in [0.1, 0.15) is 0 Å². The Balaban J connectivity index is 2.88. The second-order valence-electron chi connectivity index (χ2n) is 2.46. The van der Waals surface area contributed by atoms with Crippen molar-refractivity contribution < 1.29 is 0 Å². The molecule has 2 N–H and O–H groups in total. The Bertz CT molecular complexity index is 339. The number of nitrogens with two attached hydrogens (primary N) is 1. The van der Waals surface area contributed by atoms with Gasteiger partial charge in [0.2, 0.25) is 0 Å². The van der Waals surface area contributed by atoms with Crippen LogP contribution in [0.15, 0.2) is 24.3 Å². The third-order valence-corrected chi connectivity index (χ3v) is 1.58. The van der Waals surface area contributed by atoms with E-state index in [0.29, 0.717) is 17.0 Å². The maximum atomic E-state index is 8.58. The van der Waals surface area contributed by atoms with Gasteiger partial charge in [0.05, 0.1) is 16.6 Å². The molecule has 2 nitrogen and oxygen atoms in total. The van der Waals surface area contributed by atoms with Crippen molar-refractivity contribution in [1.82, 2.24) is 0 Å². The first-order valence-electron chi connectivity index (χ1n) is 3.49. The van der Waals surface area contributed by atoms with Gasteiger partial charge in [-0.15, -0.1) is 0 Å². The molecule has 1 aromatic carbocycles. The third kappa shape index (κ3) is 2.33. The highest BCUT2D eigenvalue weighted by molar-refractivity contribution is 7.80. The SMILES string of the molecule is N#Cc1cccc(CC(N)=S)c1. The maximum Gasteiger partial charge on any atom is 0.0991 e. The van der Waals surface area contributed by atoms with Crippen molar-refractivity contribution in [2.45, 2.75) is 6.42 Å². The lowest BCUT2D eigenvalue weighted by Crippen LogP contribution is -2.10. The van der Waals surface area contributed by atoms with Gasteiger partial charge in [0, 0.05) is 6.42 Å². The monoisotopic (exact) mass is 176 g/mol. The number of thiocarbonyl (C=S) groups is 1. The van der Waals surface area contributed by atoms with E-state index < -0.39 is 0 Å². The number of nitrogens with zero attached hydrogens (tertiary/aromatic N) is 1. The average molecular weight is 176 g/mol. The lowest BCUT2D eigenvalue weighted by Gasteiger charge is -1.98. The zero-order valence-corrected chi connectivity index (χ0v) is 7.27. The van der Waals surface area contributed by atoms with Crippen LogP contribution in [0.5, 0.6) is 0 Å². The molecule has 0 atom stereocenters. The van der Waals surface area contributed by atoms with Crippen LogP contribution in [0.2, 0.25) is 0 Å². The van der Waals surface area contributed by atoms with Crippen molar-refractivity contribution in [3.8, 4) is 6.07 Å². The van der Waals surface area contributed by atoms with E-state index in [2.05, 4.69) is 6.07 Å². The van der Waals surface area contributed by atoms with Crippen molar-refractivity contribution in [2.75, 3.05) is 0 Å². The zero-order valence-electron chi connectivity index (χ0n) is 6.45. The summed E-state index contributed by atoms with van der Waals surface area (Å²) in [6.45, 7) is 0. The highest BCUT2D eigenvalue weighted by atomic mass is 32.1. The van der Waals surface area contributed by atoms with Crippen LogP contribution in [0.25, 0.3) is 0 Å². The summed E-state index contributed by atoms with van der Waals surface area (Å²) in [6, 6.07) is 9.33. The summed E-state index contributed by atoms with van der Waals surface area (Å²) in [4.78, 5) is 0.449. The molecule has 0 fully saturated rings. The van der Waals surface area contributed by atoms with Gasteiger partial charge in [-0.05, 0) is 17.7 Å². The highest BCUT2D eigenvalue weighted by Gasteiger charge is 1.95. The van der Waals surface area contributed by atoms with E-state index in [9.17, 15) is 0 Å². The fourth-order valence-corrected chi connectivity index (χ4v) is 1.12. The topological polar surface area (TPSA) is 49.8 Å². The van der Waals surface area contributed by atoms with Crippen LogP contribution >= 0.6 is 12.2 Å². The fraction of sp³-hybridized carbons (Fsp3) is 0.111. The molecule has 1 aromatic rings. The molecular formula is C9H8N2S. The van der Waals surface area contributed by atoms with Gasteiger partial charge in [0.25, 0.3) is 0 Å². The molecule has 0 aromatic heterocycles. The molecule has 0 radical (unpaired) electrons. The Hall–Kier alpha value is -1.40. The Morgan fingerprint density at radius 2 is 2.33 bits per heavy atom. The Kier molecular flexibility index (Phi) is 2.78. The second kappa shape index (κ2) is 3.84. The first kappa shape index (κ1) is 8.69. The first-order valence-corrected chi connectivity index (χ1v) is 3.90. The number of rotatable bonds is 2. The minimum absolute atomic E-state index is 0.449. The average Bonchev–Trinajstić information content (AvgIpc) is 2.03. The van der Waals surface area contributed by atoms with Crippen LogP contribution in [0.3, 0.4) is 0 Å². The number of benzene rings is 1. The molecule has 0 bridgehead atoms. The molecule has 0 saturated carbocycles. The molecule has 0 aliphatic carbocycles. The van der Waals surface area contributed by atoms with Crippen molar-refractivity contribution in [2.24, 2.45) is 5.73 Å². The quantitative estimate of drug-likeness (QED) is 0.693. The van der Waals surface area contributed by atoms with Crippen LogP contribution in [0.4, 0.5) is 0 Å². The molecule has 0 heterocycles. The molecule has 0 aliphatic rings. The summed E-state index contributed by atoms with van der Waals surface area (Å²) in [5.41, 5.74) is 6.99. The van der Waals surface area contributed by atoms with Crippen LogP contribution < -0.4 is 5.73 Å². The van der Waals surface area contributed by atoms with Gasteiger partial charge in [0.15, 0.2) is 0 Å². The Labute approximate surface area is 76.6 Å². The largest absolute Gasteiger partial charge is 0.393 e. The minimum Gasteiger partial charge on any atom is -0.393 e. The third-order valence-electron chi connectivity index (χ3n) is 1.43. The van der Waals surface area contributed by atoms with E-state index in [0.717, 1.165) is 5.56 Å². The summed E-state index contributed by atoms with van der Waals surface area (Å²) in [7, 11) is 0. The lowest BCUT2D eigenvalue weighted by atomic mass is 10.1. The normalized spacial score (nSPS) is 8.92. The zero-order chi connectivity index (χ0) is 8.97. The predicted octanol–water partition coefficient (Wildman–Crippen LogP) is 1.39. The van der Waals surface area contributed by atoms with Gasteiger partial charge >= 0.3 is 0 Å². The summed E-state index contributed by atoms with van der Waals surface area (Å²) in [6.07, 6.45) is 0.560. The fourth-order valence-electron chi connectivity index (χ4n) is 0.952. The van der Waals surface area contributed by atoms with E-state index in [1.165, 1.54) is 0 Å².